The van der Waals surface area contributed by atoms with Gasteiger partial charge in [-0.3, -0.25) is 4.90 Å². The van der Waals surface area contributed by atoms with Gasteiger partial charge in [-0.1, -0.05) is 23.8 Å². The van der Waals surface area contributed by atoms with Gasteiger partial charge in [0.2, 0.25) is 0 Å². The highest BCUT2D eigenvalue weighted by Crippen LogP contribution is 2.23. The summed E-state index contributed by atoms with van der Waals surface area (Å²) in [5, 5.41) is 3.19. The van der Waals surface area contributed by atoms with Gasteiger partial charge in [0.25, 0.3) is 0 Å². The molecule has 2 heteroatoms. The molecule has 0 amide bonds. The van der Waals surface area contributed by atoms with Crippen LogP contribution in [0.1, 0.15) is 36.1 Å². The van der Waals surface area contributed by atoms with E-state index in [1.54, 1.807) is 0 Å². The molecule has 0 fully saturated rings. The van der Waals surface area contributed by atoms with Crippen LogP contribution in [0.2, 0.25) is 0 Å². The minimum atomic E-state index is 0.493. The molecule has 0 aliphatic carbocycles. The van der Waals surface area contributed by atoms with Crippen LogP contribution in [0.5, 0.6) is 0 Å². The van der Waals surface area contributed by atoms with Crippen molar-refractivity contribution in [3.63, 3.8) is 0 Å². The van der Waals surface area contributed by atoms with Crippen LogP contribution in [-0.4, -0.2) is 32.1 Å². The monoisotopic (exact) mass is 234 g/mol. The van der Waals surface area contributed by atoms with Crippen LogP contribution < -0.4 is 5.32 Å². The summed E-state index contributed by atoms with van der Waals surface area (Å²) in [6.07, 6.45) is 1.20. The number of rotatable bonds is 6. The van der Waals surface area contributed by atoms with Crippen molar-refractivity contribution in [2.45, 2.75) is 33.2 Å². The summed E-state index contributed by atoms with van der Waals surface area (Å²) in [4.78, 5) is 2.43. The van der Waals surface area contributed by atoms with E-state index in [9.17, 15) is 0 Å². The van der Waals surface area contributed by atoms with Crippen molar-refractivity contribution in [3.05, 3.63) is 34.9 Å². The Kier molecular flexibility index (Phi) is 5.66. The van der Waals surface area contributed by atoms with E-state index in [1.165, 1.54) is 23.1 Å². The van der Waals surface area contributed by atoms with Gasteiger partial charge in [-0.2, -0.15) is 0 Å². The first-order valence-electron chi connectivity index (χ1n) is 6.48. The molecule has 0 radical (unpaired) electrons. The predicted octanol–water partition coefficient (Wildman–Crippen LogP) is 2.91. The van der Waals surface area contributed by atoms with Crippen LogP contribution in [0, 0.1) is 13.8 Å². The van der Waals surface area contributed by atoms with Gasteiger partial charge >= 0.3 is 0 Å². The molecule has 0 aliphatic heterocycles. The topological polar surface area (TPSA) is 15.3 Å². The molecular weight excluding hydrogens is 208 g/mol. The smallest absolute Gasteiger partial charge is 0.0319 e. The van der Waals surface area contributed by atoms with E-state index >= 15 is 0 Å². The van der Waals surface area contributed by atoms with E-state index < -0.39 is 0 Å². The van der Waals surface area contributed by atoms with Crippen LogP contribution in [0.25, 0.3) is 0 Å². The Labute approximate surface area is 106 Å². The molecule has 0 bridgehead atoms. The van der Waals surface area contributed by atoms with E-state index in [0.717, 1.165) is 13.1 Å². The van der Waals surface area contributed by atoms with Gasteiger partial charge in [-0.05, 0) is 65.5 Å². The molecule has 1 aromatic carbocycles. The average molecular weight is 234 g/mol. The van der Waals surface area contributed by atoms with Crippen LogP contribution in [-0.2, 0) is 0 Å². The lowest BCUT2D eigenvalue weighted by Crippen LogP contribution is -2.26. The Balaban J connectivity index is 2.64. The van der Waals surface area contributed by atoms with Gasteiger partial charge in [-0.15, -0.1) is 0 Å². The molecule has 0 heterocycles. The summed E-state index contributed by atoms with van der Waals surface area (Å²) in [7, 11) is 4.22. The van der Waals surface area contributed by atoms with Gasteiger partial charge < -0.3 is 5.32 Å². The number of hydrogen-bond acceptors (Lipinski definition) is 2. The zero-order valence-electron chi connectivity index (χ0n) is 11.9. The van der Waals surface area contributed by atoms with E-state index in [1.807, 2.05) is 7.05 Å². The Bertz CT molecular complexity index is 347. The summed E-state index contributed by atoms with van der Waals surface area (Å²) in [5.74, 6) is 0. The van der Waals surface area contributed by atoms with E-state index in [2.05, 4.69) is 56.2 Å². The van der Waals surface area contributed by atoms with Crippen molar-refractivity contribution in [3.8, 4) is 0 Å². The first-order valence-corrected chi connectivity index (χ1v) is 6.48. The SMILES string of the molecule is CNCCCN(C)C(C)c1ccc(C)cc1C. The summed E-state index contributed by atoms with van der Waals surface area (Å²) in [5.41, 5.74) is 4.19. The van der Waals surface area contributed by atoms with Crippen LogP contribution in [0.15, 0.2) is 18.2 Å². The van der Waals surface area contributed by atoms with Gasteiger partial charge in [0.05, 0.1) is 0 Å². The van der Waals surface area contributed by atoms with Gasteiger partial charge in [-0.25, -0.2) is 0 Å². The Hall–Kier alpha value is -0.860. The minimum Gasteiger partial charge on any atom is -0.320 e. The number of hydrogen-bond donors (Lipinski definition) is 1. The maximum absolute atomic E-state index is 3.19. The zero-order valence-corrected chi connectivity index (χ0v) is 11.9. The maximum atomic E-state index is 3.19. The summed E-state index contributed by atoms with van der Waals surface area (Å²) < 4.78 is 0. The normalized spacial score (nSPS) is 13.1. The predicted molar refractivity (Wildman–Crippen MR) is 75.5 cm³/mol. The second kappa shape index (κ2) is 6.77. The lowest BCUT2D eigenvalue weighted by atomic mass is 9.99. The summed E-state index contributed by atoms with van der Waals surface area (Å²) in [6.45, 7) is 8.87. The molecule has 1 N–H and O–H groups in total. The quantitative estimate of drug-likeness (QED) is 0.761. The molecule has 17 heavy (non-hydrogen) atoms. The van der Waals surface area contributed by atoms with Crippen molar-refractivity contribution in [2.24, 2.45) is 0 Å². The third-order valence-electron chi connectivity index (χ3n) is 3.47. The Morgan fingerprint density at radius 2 is 2.00 bits per heavy atom. The van der Waals surface area contributed by atoms with Gasteiger partial charge in [0, 0.05) is 6.04 Å². The van der Waals surface area contributed by atoms with E-state index in [4.69, 9.17) is 0 Å². The van der Waals surface area contributed by atoms with Crippen molar-refractivity contribution in [2.75, 3.05) is 27.2 Å². The molecule has 0 saturated heterocycles. The van der Waals surface area contributed by atoms with Crippen molar-refractivity contribution in [1.29, 1.82) is 0 Å². The van der Waals surface area contributed by atoms with Crippen molar-refractivity contribution in [1.82, 2.24) is 10.2 Å². The van der Waals surface area contributed by atoms with Crippen LogP contribution >= 0.6 is 0 Å². The molecule has 0 saturated carbocycles. The number of nitrogens with one attached hydrogen (secondary N) is 1. The fraction of sp³-hybridized carbons (Fsp3) is 0.600. The molecule has 1 atom stereocenters. The molecule has 1 rings (SSSR count). The molecule has 0 aliphatic rings. The van der Waals surface area contributed by atoms with Crippen LogP contribution in [0.3, 0.4) is 0 Å². The highest BCUT2D eigenvalue weighted by molar-refractivity contribution is 5.32. The molecule has 0 spiro atoms. The minimum absolute atomic E-state index is 0.493. The molecule has 2 nitrogen and oxygen atoms in total. The molecule has 1 aromatic rings. The van der Waals surface area contributed by atoms with E-state index in [-0.39, 0.29) is 0 Å². The first kappa shape index (κ1) is 14.2. The molecule has 1 unspecified atom stereocenters. The zero-order chi connectivity index (χ0) is 12.8. The fourth-order valence-electron chi connectivity index (χ4n) is 2.23. The number of nitrogens with zero attached hydrogens (tertiary/aromatic N) is 1. The fourth-order valence-corrected chi connectivity index (χ4v) is 2.23. The number of aryl methyl sites for hydroxylation is 2. The largest absolute Gasteiger partial charge is 0.320 e. The molecule has 96 valence electrons. The Morgan fingerprint density at radius 3 is 2.59 bits per heavy atom. The van der Waals surface area contributed by atoms with E-state index in [0.29, 0.717) is 6.04 Å². The van der Waals surface area contributed by atoms with Crippen molar-refractivity contribution >= 4 is 0 Å². The van der Waals surface area contributed by atoms with Crippen LogP contribution in [0.4, 0.5) is 0 Å². The second-order valence-corrected chi connectivity index (χ2v) is 4.97. The third-order valence-corrected chi connectivity index (χ3v) is 3.47. The highest BCUT2D eigenvalue weighted by Gasteiger charge is 2.13. The molecular formula is C15H26N2. The molecule has 0 aromatic heterocycles. The standard InChI is InChI=1S/C15H26N2/c1-12-7-8-15(13(2)11-12)14(3)17(5)10-6-9-16-4/h7-8,11,14,16H,6,9-10H2,1-5H3. The second-order valence-electron chi connectivity index (χ2n) is 4.97. The lowest BCUT2D eigenvalue weighted by Gasteiger charge is -2.26. The summed E-state index contributed by atoms with van der Waals surface area (Å²) >= 11 is 0. The van der Waals surface area contributed by atoms with Gasteiger partial charge in [0.1, 0.15) is 0 Å². The highest BCUT2D eigenvalue weighted by atomic mass is 15.1. The lowest BCUT2D eigenvalue weighted by molar-refractivity contribution is 0.257. The third kappa shape index (κ3) is 4.14. The van der Waals surface area contributed by atoms with Crippen molar-refractivity contribution < 1.29 is 0 Å². The maximum Gasteiger partial charge on any atom is 0.0319 e. The number of benzene rings is 1. The van der Waals surface area contributed by atoms with Gasteiger partial charge in [0.15, 0.2) is 0 Å². The average Bonchev–Trinajstić information content (AvgIpc) is 2.28. The summed E-state index contributed by atoms with van der Waals surface area (Å²) in [6, 6.07) is 7.24. The first-order chi connectivity index (χ1) is 8.06. The Morgan fingerprint density at radius 1 is 1.29 bits per heavy atom.